The molecule has 1 amide bonds. The number of nitrogens with zero attached hydrogens (tertiary/aromatic N) is 1. The van der Waals surface area contributed by atoms with Crippen LogP contribution >= 0.6 is 0 Å². The number of hydrogen-bond donors (Lipinski definition) is 1. The number of ether oxygens (including phenoxy) is 1. The number of amides is 1. The number of carbonyl (C=O) groups is 1. The summed E-state index contributed by atoms with van der Waals surface area (Å²) in [6.07, 6.45) is 8.26. The van der Waals surface area contributed by atoms with E-state index < -0.39 is 0 Å². The van der Waals surface area contributed by atoms with Crippen molar-refractivity contribution in [1.82, 2.24) is 4.90 Å². The van der Waals surface area contributed by atoms with Gasteiger partial charge in [0.2, 0.25) is 5.91 Å². The van der Waals surface area contributed by atoms with Gasteiger partial charge < -0.3 is 10.1 Å². The van der Waals surface area contributed by atoms with Gasteiger partial charge in [-0.3, -0.25) is 9.69 Å². The summed E-state index contributed by atoms with van der Waals surface area (Å²) in [6, 6.07) is 8.45. The van der Waals surface area contributed by atoms with Crippen molar-refractivity contribution in [2.75, 3.05) is 25.0 Å². The Labute approximate surface area is 151 Å². The van der Waals surface area contributed by atoms with Crippen molar-refractivity contribution in [1.29, 1.82) is 0 Å². The summed E-state index contributed by atoms with van der Waals surface area (Å²) < 4.78 is 5.88. The molecule has 1 heterocycles. The van der Waals surface area contributed by atoms with Crippen LogP contribution < -0.4 is 10.1 Å². The zero-order chi connectivity index (χ0) is 17.7. The first-order valence-corrected chi connectivity index (χ1v) is 9.85. The highest BCUT2D eigenvalue weighted by Crippen LogP contribution is 2.38. The number of nitrogens with one attached hydrogen (secondary N) is 1. The molecule has 138 valence electrons. The Morgan fingerprint density at radius 1 is 1.20 bits per heavy atom. The van der Waals surface area contributed by atoms with Gasteiger partial charge in [-0.2, -0.15) is 0 Å². The predicted molar refractivity (Wildman–Crippen MR) is 102 cm³/mol. The van der Waals surface area contributed by atoms with Gasteiger partial charge in [0.15, 0.2) is 0 Å². The Morgan fingerprint density at radius 2 is 1.92 bits per heavy atom. The minimum Gasteiger partial charge on any atom is -0.492 e. The monoisotopic (exact) mass is 344 g/mol. The van der Waals surface area contributed by atoms with Gasteiger partial charge in [0, 0.05) is 23.7 Å². The van der Waals surface area contributed by atoms with Crippen molar-refractivity contribution >= 4 is 11.6 Å². The summed E-state index contributed by atoms with van der Waals surface area (Å²) in [7, 11) is 0. The number of likely N-dealkylation sites (tertiary alicyclic amines) is 1. The van der Waals surface area contributed by atoms with Crippen LogP contribution in [0.2, 0.25) is 0 Å². The lowest BCUT2D eigenvalue weighted by molar-refractivity contribution is -0.124. The third-order valence-electron chi connectivity index (χ3n) is 5.96. The molecule has 0 unspecified atom stereocenters. The highest BCUT2D eigenvalue weighted by Gasteiger charge is 2.36. The van der Waals surface area contributed by atoms with Crippen molar-refractivity contribution in [2.45, 2.75) is 64.8 Å². The molecule has 1 atom stereocenters. The van der Waals surface area contributed by atoms with Gasteiger partial charge in [-0.15, -0.1) is 0 Å². The first kappa shape index (κ1) is 18.2. The van der Waals surface area contributed by atoms with E-state index in [0.717, 1.165) is 43.7 Å². The number of anilines is 1. The van der Waals surface area contributed by atoms with Gasteiger partial charge in [0.05, 0.1) is 0 Å². The van der Waals surface area contributed by atoms with Crippen LogP contribution in [0.3, 0.4) is 0 Å². The van der Waals surface area contributed by atoms with Crippen LogP contribution in [0.4, 0.5) is 5.69 Å². The first-order chi connectivity index (χ1) is 12.1. The number of piperidine rings is 1. The van der Waals surface area contributed by atoms with Gasteiger partial charge >= 0.3 is 0 Å². The van der Waals surface area contributed by atoms with E-state index in [-0.39, 0.29) is 11.3 Å². The number of carbonyl (C=O) groups excluding carboxylic acids is 1. The summed E-state index contributed by atoms with van der Waals surface area (Å²) in [5.74, 6) is 1.02. The van der Waals surface area contributed by atoms with Gasteiger partial charge in [0.1, 0.15) is 12.4 Å². The predicted octanol–water partition coefficient (Wildman–Crippen LogP) is 4.46. The quantitative estimate of drug-likeness (QED) is 0.828. The second-order valence-electron chi connectivity index (χ2n) is 7.98. The van der Waals surface area contributed by atoms with Crippen molar-refractivity contribution in [3.05, 3.63) is 24.3 Å². The second-order valence-corrected chi connectivity index (χ2v) is 7.98. The lowest BCUT2D eigenvalue weighted by atomic mass is 9.88. The average Bonchev–Trinajstić information content (AvgIpc) is 3.06. The minimum absolute atomic E-state index is 0.151. The SMILES string of the molecule is C[C@H]1CCCCN1CCOc1ccc(NC(=O)C2(C)CCCC2)cc1. The van der Waals surface area contributed by atoms with Gasteiger partial charge in [-0.1, -0.05) is 26.2 Å². The molecule has 0 aromatic heterocycles. The molecular weight excluding hydrogens is 312 g/mol. The number of hydrogen-bond acceptors (Lipinski definition) is 3. The van der Waals surface area contributed by atoms with Crippen molar-refractivity contribution in [2.24, 2.45) is 5.41 Å². The van der Waals surface area contributed by atoms with E-state index in [4.69, 9.17) is 4.74 Å². The van der Waals surface area contributed by atoms with Crippen molar-refractivity contribution < 1.29 is 9.53 Å². The van der Waals surface area contributed by atoms with E-state index in [2.05, 4.69) is 24.1 Å². The van der Waals surface area contributed by atoms with Crippen LogP contribution in [-0.4, -0.2) is 36.5 Å². The molecule has 2 aliphatic rings. The molecule has 1 saturated heterocycles. The molecule has 1 aromatic carbocycles. The van der Waals surface area contributed by atoms with E-state index in [1.54, 1.807) is 0 Å². The smallest absolute Gasteiger partial charge is 0.230 e. The molecule has 2 fully saturated rings. The maximum atomic E-state index is 12.5. The first-order valence-electron chi connectivity index (χ1n) is 9.85. The third-order valence-corrected chi connectivity index (χ3v) is 5.96. The average molecular weight is 344 g/mol. The van der Waals surface area contributed by atoms with E-state index in [9.17, 15) is 4.79 Å². The number of benzene rings is 1. The Kier molecular flexibility index (Phi) is 6.00. The summed E-state index contributed by atoms with van der Waals surface area (Å²) in [4.78, 5) is 15.0. The maximum Gasteiger partial charge on any atom is 0.230 e. The Hall–Kier alpha value is -1.55. The van der Waals surface area contributed by atoms with E-state index in [1.807, 2.05) is 24.3 Å². The molecule has 1 N–H and O–H groups in total. The van der Waals surface area contributed by atoms with Crippen LogP contribution in [0.15, 0.2) is 24.3 Å². The molecule has 3 rings (SSSR count). The highest BCUT2D eigenvalue weighted by molar-refractivity contribution is 5.95. The summed E-state index contributed by atoms with van der Waals surface area (Å²) in [5, 5.41) is 3.06. The fraction of sp³-hybridized carbons (Fsp3) is 0.667. The van der Waals surface area contributed by atoms with E-state index in [0.29, 0.717) is 12.6 Å². The van der Waals surface area contributed by atoms with Crippen molar-refractivity contribution in [3.8, 4) is 5.75 Å². The van der Waals surface area contributed by atoms with Gasteiger partial charge in [0.25, 0.3) is 0 Å². The molecule has 0 spiro atoms. The Bertz CT molecular complexity index is 564. The third kappa shape index (κ3) is 4.75. The lowest BCUT2D eigenvalue weighted by Gasteiger charge is -2.33. The molecule has 25 heavy (non-hydrogen) atoms. The standard InChI is InChI=1S/C21H32N2O2/c1-17-7-3-6-14-23(17)15-16-25-19-10-8-18(9-11-19)22-20(24)21(2)12-4-5-13-21/h8-11,17H,3-7,12-16H2,1-2H3,(H,22,24)/t17-/m0/s1. The normalized spacial score (nSPS) is 23.4. The summed E-state index contributed by atoms with van der Waals surface area (Å²) in [6.45, 7) is 7.27. The van der Waals surface area contributed by atoms with Crippen LogP contribution in [0, 0.1) is 5.41 Å². The van der Waals surface area contributed by atoms with Crippen LogP contribution in [0.5, 0.6) is 5.75 Å². The number of rotatable bonds is 6. The van der Waals surface area contributed by atoms with Crippen LogP contribution in [-0.2, 0) is 4.79 Å². The highest BCUT2D eigenvalue weighted by atomic mass is 16.5. The van der Waals surface area contributed by atoms with Gasteiger partial charge in [-0.05, 0) is 63.4 Å². The largest absolute Gasteiger partial charge is 0.492 e. The van der Waals surface area contributed by atoms with E-state index >= 15 is 0 Å². The fourth-order valence-corrected chi connectivity index (χ4v) is 4.07. The summed E-state index contributed by atoms with van der Waals surface area (Å²) >= 11 is 0. The Balaban J connectivity index is 1.44. The zero-order valence-electron chi connectivity index (χ0n) is 15.7. The van der Waals surface area contributed by atoms with Crippen molar-refractivity contribution in [3.63, 3.8) is 0 Å². The Morgan fingerprint density at radius 3 is 2.60 bits per heavy atom. The zero-order valence-corrected chi connectivity index (χ0v) is 15.7. The van der Waals surface area contributed by atoms with Gasteiger partial charge in [-0.25, -0.2) is 0 Å². The summed E-state index contributed by atoms with van der Waals surface area (Å²) in [5.41, 5.74) is 0.662. The molecule has 1 aliphatic carbocycles. The molecule has 4 nitrogen and oxygen atoms in total. The molecular formula is C21H32N2O2. The minimum atomic E-state index is -0.194. The van der Waals surface area contributed by atoms with Crippen LogP contribution in [0.25, 0.3) is 0 Å². The maximum absolute atomic E-state index is 12.5. The molecule has 4 heteroatoms. The lowest BCUT2D eigenvalue weighted by Crippen LogP contribution is -2.39. The molecule has 1 aromatic rings. The topological polar surface area (TPSA) is 41.6 Å². The fourth-order valence-electron chi connectivity index (χ4n) is 4.07. The molecule has 1 saturated carbocycles. The molecule has 0 bridgehead atoms. The van der Waals surface area contributed by atoms with E-state index in [1.165, 1.54) is 25.8 Å². The van der Waals surface area contributed by atoms with Crippen LogP contribution in [0.1, 0.15) is 58.8 Å². The second kappa shape index (κ2) is 8.22. The molecule has 1 aliphatic heterocycles. The molecule has 0 radical (unpaired) electrons.